The fourth-order valence-corrected chi connectivity index (χ4v) is 6.12. The molecule has 1 aliphatic heterocycles. The molecule has 1 aliphatic rings. The lowest BCUT2D eigenvalue weighted by molar-refractivity contribution is -0.0589. The van der Waals surface area contributed by atoms with Crippen LogP contribution in [0, 0.1) is 11.6 Å². The SMILES string of the molecule is Cn1cncc1-c1cnc(COc2cccc(-c3cc(F)c(Cc4nc5ccc(C(=O)O)cc5n4CC4CCO4)cc3F)n2)s1. The topological polar surface area (TPSA) is 117 Å². The number of rotatable bonds is 10. The van der Waals surface area contributed by atoms with Crippen molar-refractivity contribution in [2.75, 3.05) is 6.61 Å². The molecule has 5 heterocycles. The van der Waals surface area contributed by atoms with Gasteiger partial charge >= 0.3 is 5.97 Å². The van der Waals surface area contributed by atoms with E-state index in [1.807, 2.05) is 16.2 Å². The van der Waals surface area contributed by atoms with Crippen molar-refractivity contribution in [1.29, 1.82) is 0 Å². The molecule has 0 bridgehead atoms. The van der Waals surface area contributed by atoms with Crippen LogP contribution in [0.3, 0.4) is 0 Å². The summed E-state index contributed by atoms with van der Waals surface area (Å²) >= 11 is 1.47. The number of hydrogen-bond acceptors (Lipinski definition) is 8. The largest absolute Gasteiger partial charge is 0.478 e. The highest BCUT2D eigenvalue weighted by molar-refractivity contribution is 7.15. The van der Waals surface area contributed by atoms with Crippen molar-refractivity contribution in [3.8, 4) is 27.7 Å². The van der Waals surface area contributed by atoms with Gasteiger partial charge in [0.25, 0.3) is 0 Å². The fraction of sp³-hybridized carbons (Fsp3) is 0.219. The number of fused-ring (bicyclic) bond motifs is 1. The number of nitrogens with zero attached hydrogens (tertiary/aromatic N) is 6. The number of carbonyl (C=O) groups is 1. The molecule has 0 radical (unpaired) electrons. The molecule has 1 saturated heterocycles. The van der Waals surface area contributed by atoms with Gasteiger partial charge in [0.05, 0.1) is 58.0 Å². The maximum atomic E-state index is 15.5. The van der Waals surface area contributed by atoms with Crippen LogP contribution in [0.2, 0.25) is 0 Å². The number of carboxylic acids is 1. The van der Waals surface area contributed by atoms with Crippen LogP contribution in [-0.4, -0.2) is 52.9 Å². The maximum Gasteiger partial charge on any atom is 0.335 e. The average Bonchev–Trinajstić information content (AvgIpc) is 3.73. The van der Waals surface area contributed by atoms with Gasteiger partial charge in [-0.1, -0.05) is 6.07 Å². The van der Waals surface area contributed by atoms with Crippen LogP contribution < -0.4 is 4.74 Å². The Hall–Kier alpha value is -5.01. The van der Waals surface area contributed by atoms with Gasteiger partial charge in [0.2, 0.25) is 5.88 Å². The Morgan fingerprint density at radius 2 is 2.00 bits per heavy atom. The molecule has 0 amide bonds. The predicted octanol–water partition coefficient (Wildman–Crippen LogP) is 5.89. The van der Waals surface area contributed by atoms with E-state index in [1.165, 1.54) is 17.4 Å². The van der Waals surface area contributed by atoms with Crippen molar-refractivity contribution in [2.24, 2.45) is 7.05 Å². The van der Waals surface area contributed by atoms with E-state index >= 15 is 8.78 Å². The minimum atomic E-state index is -1.06. The van der Waals surface area contributed by atoms with Gasteiger partial charge in [-0.3, -0.25) is 0 Å². The van der Waals surface area contributed by atoms with E-state index in [2.05, 4.69) is 19.9 Å². The number of ether oxygens (including phenoxy) is 2. The molecular formula is C32H26F2N6O4S. The van der Waals surface area contributed by atoms with Gasteiger partial charge in [0, 0.05) is 37.9 Å². The van der Waals surface area contributed by atoms with E-state index in [9.17, 15) is 9.90 Å². The van der Waals surface area contributed by atoms with Gasteiger partial charge in [0.1, 0.15) is 29.1 Å². The summed E-state index contributed by atoms with van der Waals surface area (Å²) in [4.78, 5) is 30.1. The van der Waals surface area contributed by atoms with Gasteiger partial charge in [-0.05, 0) is 48.4 Å². The normalized spacial score (nSPS) is 14.5. The zero-order valence-electron chi connectivity index (χ0n) is 24.0. The Bertz CT molecular complexity index is 2050. The summed E-state index contributed by atoms with van der Waals surface area (Å²) in [7, 11) is 1.91. The maximum absolute atomic E-state index is 15.5. The number of aryl methyl sites for hydroxylation is 1. The second kappa shape index (κ2) is 11.8. The van der Waals surface area contributed by atoms with Crippen molar-refractivity contribution in [3.63, 3.8) is 0 Å². The molecule has 4 aromatic heterocycles. The zero-order valence-corrected chi connectivity index (χ0v) is 24.8. The first-order chi connectivity index (χ1) is 21.8. The minimum Gasteiger partial charge on any atom is -0.478 e. The lowest BCUT2D eigenvalue weighted by atomic mass is 10.0. The highest BCUT2D eigenvalue weighted by atomic mass is 32.1. The van der Waals surface area contributed by atoms with Crippen LogP contribution >= 0.6 is 11.3 Å². The summed E-state index contributed by atoms with van der Waals surface area (Å²) < 4.78 is 46.2. The molecule has 7 rings (SSSR count). The van der Waals surface area contributed by atoms with E-state index in [4.69, 9.17) is 9.47 Å². The van der Waals surface area contributed by atoms with Gasteiger partial charge in [-0.2, -0.15) is 0 Å². The molecule has 2 aromatic carbocycles. The van der Waals surface area contributed by atoms with Crippen molar-refractivity contribution in [3.05, 3.63) is 101 Å². The van der Waals surface area contributed by atoms with Gasteiger partial charge in [-0.25, -0.2) is 33.5 Å². The summed E-state index contributed by atoms with van der Waals surface area (Å²) in [5, 5.41) is 10.2. The van der Waals surface area contributed by atoms with Crippen LogP contribution in [0.4, 0.5) is 8.78 Å². The summed E-state index contributed by atoms with van der Waals surface area (Å²) in [6, 6.07) is 11.8. The molecule has 6 aromatic rings. The molecule has 0 spiro atoms. The Kier molecular flexibility index (Phi) is 7.55. The van der Waals surface area contributed by atoms with E-state index in [1.54, 1.807) is 49.1 Å². The molecule has 1 N–H and O–H groups in total. The Morgan fingerprint density at radius 3 is 2.76 bits per heavy atom. The highest BCUT2D eigenvalue weighted by Crippen LogP contribution is 2.30. The number of pyridine rings is 1. The molecular weight excluding hydrogens is 602 g/mol. The first kappa shape index (κ1) is 28.7. The summed E-state index contributed by atoms with van der Waals surface area (Å²) in [6.07, 6.45) is 6.03. The zero-order chi connectivity index (χ0) is 31.1. The molecule has 0 aliphatic carbocycles. The second-order valence-corrected chi connectivity index (χ2v) is 11.8. The Morgan fingerprint density at radius 1 is 1.13 bits per heavy atom. The number of thiazole rings is 1. The van der Waals surface area contributed by atoms with Crippen molar-refractivity contribution in [1.82, 2.24) is 29.1 Å². The average molecular weight is 629 g/mol. The standard InChI is InChI=1S/C32H26F2N6O4S/c1-39-17-35-13-27(39)28-14-36-31(45-28)16-44-30-4-2-3-24(38-30)21-12-22(33)19(9-23(21)34)11-29-37-25-6-5-18(32(41)42)10-26(25)40(29)15-20-7-8-43-20/h2-6,9-10,12-14,17,20H,7-8,11,15-16H2,1H3,(H,41,42). The van der Waals surface area contributed by atoms with Crippen LogP contribution in [0.5, 0.6) is 5.88 Å². The fourth-order valence-electron chi connectivity index (χ4n) is 5.24. The third-order valence-corrected chi connectivity index (χ3v) is 8.70. The number of aromatic nitrogens is 6. The monoisotopic (exact) mass is 628 g/mol. The summed E-state index contributed by atoms with van der Waals surface area (Å²) in [6.45, 7) is 1.24. The van der Waals surface area contributed by atoms with E-state index < -0.39 is 17.6 Å². The lowest BCUT2D eigenvalue weighted by Crippen LogP contribution is -2.31. The third-order valence-electron chi connectivity index (χ3n) is 7.70. The smallest absolute Gasteiger partial charge is 0.335 e. The number of halogens is 2. The lowest BCUT2D eigenvalue weighted by Gasteiger charge is -2.27. The number of carboxylic acid groups (broad SMARTS) is 1. The molecule has 1 unspecified atom stereocenters. The molecule has 13 heteroatoms. The molecule has 228 valence electrons. The summed E-state index contributed by atoms with van der Waals surface area (Å²) in [5.74, 6) is -1.58. The van der Waals surface area contributed by atoms with Crippen LogP contribution in [-0.2, 0) is 31.4 Å². The highest BCUT2D eigenvalue weighted by Gasteiger charge is 2.24. The van der Waals surface area contributed by atoms with E-state index in [0.717, 1.165) is 34.1 Å². The third kappa shape index (κ3) is 5.79. The first-order valence-electron chi connectivity index (χ1n) is 14.2. The number of imidazole rings is 2. The van der Waals surface area contributed by atoms with E-state index in [-0.39, 0.29) is 47.4 Å². The van der Waals surface area contributed by atoms with Crippen LogP contribution in [0.15, 0.2) is 67.3 Å². The van der Waals surface area contributed by atoms with Crippen molar-refractivity contribution < 1.29 is 28.2 Å². The number of hydrogen-bond donors (Lipinski definition) is 1. The summed E-state index contributed by atoms with van der Waals surface area (Å²) in [5.41, 5.74) is 2.56. The molecule has 10 nitrogen and oxygen atoms in total. The Balaban J connectivity index is 1.12. The van der Waals surface area contributed by atoms with E-state index in [0.29, 0.717) is 30.0 Å². The molecule has 45 heavy (non-hydrogen) atoms. The van der Waals surface area contributed by atoms with Crippen molar-refractivity contribution >= 4 is 28.3 Å². The minimum absolute atomic E-state index is 0.00195. The molecule has 0 saturated carbocycles. The predicted molar refractivity (Wildman–Crippen MR) is 162 cm³/mol. The van der Waals surface area contributed by atoms with Crippen molar-refractivity contribution in [2.45, 2.75) is 32.1 Å². The molecule has 1 fully saturated rings. The van der Waals surface area contributed by atoms with Gasteiger partial charge < -0.3 is 23.7 Å². The van der Waals surface area contributed by atoms with Crippen LogP contribution in [0.25, 0.3) is 32.9 Å². The van der Waals surface area contributed by atoms with Crippen LogP contribution in [0.1, 0.15) is 33.2 Å². The Labute approximate surface area is 259 Å². The van der Waals surface area contributed by atoms with Gasteiger partial charge in [-0.15, -0.1) is 11.3 Å². The first-order valence-corrected chi connectivity index (χ1v) is 15.0. The second-order valence-electron chi connectivity index (χ2n) is 10.7. The number of benzene rings is 2. The molecule has 1 atom stereocenters. The van der Waals surface area contributed by atoms with Gasteiger partial charge in [0.15, 0.2) is 0 Å². The quantitative estimate of drug-likeness (QED) is 0.200. The number of aromatic carboxylic acids is 1.